The number of likely N-dealkylation sites (tertiary alicyclic amines) is 1. The molecule has 1 N–H and O–H groups in total. The minimum Gasteiger partial charge on any atom is -0.296 e. The summed E-state index contributed by atoms with van der Waals surface area (Å²) in [4.78, 5) is 6.66. The Morgan fingerprint density at radius 1 is 1.07 bits per heavy atom. The van der Waals surface area contributed by atoms with Gasteiger partial charge in [-0.2, -0.15) is 17.4 Å². The van der Waals surface area contributed by atoms with Gasteiger partial charge in [-0.25, -0.2) is 0 Å². The molecule has 0 bridgehead atoms. The molecular formula is C20H26N4O2S. The van der Waals surface area contributed by atoms with Crippen molar-refractivity contribution >= 4 is 10.2 Å². The van der Waals surface area contributed by atoms with Crippen LogP contribution in [0.1, 0.15) is 29.7 Å². The molecule has 0 aliphatic carbocycles. The van der Waals surface area contributed by atoms with Crippen LogP contribution < -0.4 is 4.72 Å². The highest BCUT2D eigenvalue weighted by molar-refractivity contribution is 7.87. The van der Waals surface area contributed by atoms with Crippen molar-refractivity contribution in [1.29, 1.82) is 0 Å². The van der Waals surface area contributed by atoms with Crippen LogP contribution in [0.3, 0.4) is 0 Å². The predicted octanol–water partition coefficient (Wildman–Crippen LogP) is 1.94. The van der Waals surface area contributed by atoms with E-state index in [4.69, 9.17) is 0 Å². The first-order chi connectivity index (χ1) is 13.1. The first-order valence-corrected chi connectivity index (χ1v) is 11.0. The van der Waals surface area contributed by atoms with Gasteiger partial charge >= 0.3 is 0 Å². The molecule has 1 atom stereocenters. The van der Waals surface area contributed by atoms with Crippen molar-refractivity contribution in [1.82, 2.24) is 18.9 Å². The van der Waals surface area contributed by atoms with Gasteiger partial charge in [0, 0.05) is 38.4 Å². The van der Waals surface area contributed by atoms with E-state index < -0.39 is 10.2 Å². The fourth-order valence-corrected chi connectivity index (χ4v) is 5.38. The zero-order valence-corrected chi connectivity index (χ0v) is 16.2. The Hall–Kier alpha value is -1.80. The average molecular weight is 387 g/mol. The van der Waals surface area contributed by atoms with E-state index in [-0.39, 0.29) is 6.04 Å². The first-order valence-electron chi connectivity index (χ1n) is 9.56. The molecule has 3 heterocycles. The molecule has 4 rings (SSSR count). The molecule has 7 heteroatoms. The second kappa shape index (κ2) is 8.06. The van der Waals surface area contributed by atoms with Crippen LogP contribution in [0.2, 0.25) is 0 Å². The zero-order chi connectivity index (χ0) is 18.7. The van der Waals surface area contributed by atoms with Gasteiger partial charge in [-0.3, -0.25) is 9.88 Å². The van der Waals surface area contributed by atoms with E-state index in [2.05, 4.69) is 20.7 Å². The summed E-state index contributed by atoms with van der Waals surface area (Å²) in [6.07, 6.45) is 4.44. The molecule has 6 nitrogen and oxygen atoms in total. The summed E-state index contributed by atoms with van der Waals surface area (Å²) in [5, 5.41) is 0. The molecule has 0 saturated carbocycles. The van der Waals surface area contributed by atoms with E-state index >= 15 is 0 Å². The number of nitrogens with zero attached hydrogens (tertiary/aromatic N) is 3. The molecule has 1 aromatic heterocycles. The van der Waals surface area contributed by atoms with Crippen LogP contribution in [-0.4, -0.2) is 48.3 Å². The number of hydrogen-bond acceptors (Lipinski definition) is 4. The lowest BCUT2D eigenvalue weighted by Crippen LogP contribution is -2.52. The maximum absolute atomic E-state index is 12.9. The summed E-state index contributed by atoms with van der Waals surface area (Å²) in [6, 6.07) is 13.9. The van der Waals surface area contributed by atoms with Gasteiger partial charge in [-0.05, 0) is 49.1 Å². The standard InChI is InChI=1S/C20H26N4O2S/c25-27(26,24-13-10-17-6-1-2-7-18(17)14-24)22-20-9-5-12-23(16-20)15-19-8-3-4-11-21-19/h1-4,6-8,11,20,22H,5,9-10,12-16H2/t20-/m1/s1. The topological polar surface area (TPSA) is 65.5 Å². The van der Waals surface area contributed by atoms with Crippen LogP contribution in [0.15, 0.2) is 48.7 Å². The number of nitrogens with one attached hydrogen (secondary N) is 1. The van der Waals surface area contributed by atoms with Crippen LogP contribution in [-0.2, 0) is 29.7 Å². The monoisotopic (exact) mass is 386 g/mol. The number of aromatic nitrogens is 1. The van der Waals surface area contributed by atoms with Crippen molar-refractivity contribution in [2.24, 2.45) is 0 Å². The number of fused-ring (bicyclic) bond motifs is 1. The minimum absolute atomic E-state index is 0.0513. The highest BCUT2D eigenvalue weighted by Crippen LogP contribution is 2.21. The molecule has 1 saturated heterocycles. The quantitative estimate of drug-likeness (QED) is 0.853. The maximum Gasteiger partial charge on any atom is 0.280 e. The molecule has 144 valence electrons. The fraction of sp³-hybridized carbons (Fsp3) is 0.450. The summed E-state index contributed by atoms with van der Waals surface area (Å²) in [6.45, 7) is 3.45. The first kappa shape index (κ1) is 18.6. The van der Waals surface area contributed by atoms with Crippen LogP contribution in [0.5, 0.6) is 0 Å². The lowest BCUT2D eigenvalue weighted by atomic mass is 10.0. The normalized spacial score (nSPS) is 21.7. The smallest absolute Gasteiger partial charge is 0.280 e. The highest BCUT2D eigenvalue weighted by Gasteiger charge is 2.30. The molecule has 0 unspecified atom stereocenters. The van der Waals surface area contributed by atoms with E-state index in [0.717, 1.165) is 50.2 Å². The molecule has 2 aromatic rings. The molecule has 2 aliphatic rings. The van der Waals surface area contributed by atoms with E-state index in [1.54, 1.807) is 10.5 Å². The summed E-state index contributed by atoms with van der Waals surface area (Å²) < 4.78 is 30.3. The van der Waals surface area contributed by atoms with Crippen molar-refractivity contribution < 1.29 is 8.42 Å². The van der Waals surface area contributed by atoms with Gasteiger partial charge in [0.15, 0.2) is 0 Å². The van der Waals surface area contributed by atoms with E-state index in [0.29, 0.717) is 13.1 Å². The largest absolute Gasteiger partial charge is 0.296 e. The van der Waals surface area contributed by atoms with Gasteiger partial charge in [0.1, 0.15) is 0 Å². The van der Waals surface area contributed by atoms with Crippen molar-refractivity contribution in [3.8, 4) is 0 Å². The second-order valence-corrected chi connectivity index (χ2v) is 9.07. The SMILES string of the molecule is O=S(=O)(N[C@@H]1CCCN(Cc2ccccn2)C1)N1CCc2ccccc2C1. The third kappa shape index (κ3) is 4.55. The van der Waals surface area contributed by atoms with E-state index in [9.17, 15) is 8.42 Å². The predicted molar refractivity (Wildman–Crippen MR) is 105 cm³/mol. The van der Waals surface area contributed by atoms with Crippen molar-refractivity contribution in [3.05, 3.63) is 65.5 Å². The number of pyridine rings is 1. The van der Waals surface area contributed by atoms with Crippen LogP contribution >= 0.6 is 0 Å². The Morgan fingerprint density at radius 2 is 1.89 bits per heavy atom. The average Bonchev–Trinajstić information content (AvgIpc) is 2.68. The molecule has 0 amide bonds. The van der Waals surface area contributed by atoms with Gasteiger partial charge in [0.2, 0.25) is 0 Å². The summed E-state index contributed by atoms with van der Waals surface area (Å²) >= 11 is 0. The molecule has 27 heavy (non-hydrogen) atoms. The van der Waals surface area contributed by atoms with E-state index in [1.807, 2.05) is 36.4 Å². The molecule has 0 spiro atoms. The van der Waals surface area contributed by atoms with Gasteiger partial charge in [-0.1, -0.05) is 30.3 Å². The molecule has 1 aromatic carbocycles. The van der Waals surface area contributed by atoms with Crippen molar-refractivity contribution in [2.75, 3.05) is 19.6 Å². The van der Waals surface area contributed by atoms with Gasteiger partial charge < -0.3 is 0 Å². The number of rotatable bonds is 5. The summed E-state index contributed by atoms with van der Waals surface area (Å²) in [5.74, 6) is 0. The molecule has 0 radical (unpaired) electrons. The third-order valence-electron chi connectivity index (χ3n) is 5.37. The fourth-order valence-electron chi connectivity index (χ4n) is 3.98. The lowest BCUT2D eigenvalue weighted by molar-refractivity contribution is 0.191. The Morgan fingerprint density at radius 3 is 2.70 bits per heavy atom. The minimum atomic E-state index is -3.48. The van der Waals surface area contributed by atoms with Gasteiger partial charge in [0.05, 0.1) is 5.69 Å². The summed E-state index contributed by atoms with van der Waals surface area (Å²) in [5.41, 5.74) is 3.38. The number of hydrogen-bond donors (Lipinski definition) is 1. The van der Waals surface area contributed by atoms with Crippen molar-refractivity contribution in [3.63, 3.8) is 0 Å². The second-order valence-electron chi connectivity index (χ2n) is 7.37. The van der Waals surface area contributed by atoms with Crippen LogP contribution in [0, 0.1) is 0 Å². The third-order valence-corrected chi connectivity index (χ3v) is 6.99. The molecule has 1 fully saturated rings. The van der Waals surface area contributed by atoms with Gasteiger partial charge in [-0.15, -0.1) is 0 Å². The van der Waals surface area contributed by atoms with E-state index in [1.165, 1.54) is 5.56 Å². The van der Waals surface area contributed by atoms with Crippen LogP contribution in [0.4, 0.5) is 0 Å². The number of piperidine rings is 1. The van der Waals surface area contributed by atoms with Crippen LogP contribution in [0.25, 0.3) is 0 Å². The molecular weight excluding hydrogens is 360 g/mol. The summed E-state index contributed by atoms with van der Waals surface area (Å²) in [7, 11) is -3.48. The van der Waals surface area contributed by atoms with Crippen molar-refractivity contribution in [2.45, 2.75) is 38.4 Å². The highest BCUT2D eigenvalue weighted by atomic mass is 32.2. The molecule has 2 aliphatic heterocycles. The number of benzene rings is 1. The Balaban J connectivity index is 1.38. The maximum atomic E-state index is 12.9. The Kier molecular flexibility index (Phi) is 5.54. The Bertz CT molecular complexity index is 873. The Labute approximate surface area is 161 Å². The lowest BCUT2D eigenvalue weighted by Gasteiger charge is -2.35. The zero-order valence-electron chi connectivity index (χ0n) is 15.4. The van der Waals surface area contributed by atoms with Gasteiger partial charge in [0.25, 0.3) is 10.2 Å².